The zero-order valence-corrected chi connectivity index (χ0v) is 23.7. The van der Waals surface area contributed by atoms with E-state index in [9.17, 15) is 18.8 Å². The molecule has 1 unspecified atom stereocenters. The highest BCUT2D eigenvalue weighted by molar-refractivity contribution is 8.00. The Labute approximate surface area is 244 Å². The zero-order valence-electron chi connectivity index (χ0n) is 21.3. The predicted molar refractivity (Wildman–Crippen MR) is 161 cm³/mol. The molecule has 0 aliphatic heterocycles. The van der Waals surface area contributed by atoms with E-state index >= 15 is 0 Å². The van der Waals surface area contributed by atoms with Crippen LogP contribution in [0.4, 0.5) is 15.8 Å². The molecule has 0 saturated carbocycles. The molecule has 204 valence electrons. The SMILES string of the molecule is CCC(Sc1cccc(NC(=O)/C(=C/c2cccs2)NC(=O)c2ccccc2)c1)C(=O)Nc1ccc(F)c(Cl)c1. The van der Waals surface area contributed by atoms with E-state index in [2.05, 4.69) is 16.0 Å². The van der Waals surface area contributed by atoms with E-state index in [1.165, 1.54) is 41.3 Å². The Bertz CT molecular complexity index is 1530. The lowest BCUT2D eigenvalue weighted by Crippen LogP contribution is -2.30. The third kappa shape index (κ3) is 8.05. The molecule has 1 atom stereocenters. The molecule has 4 aromatic rings. The Morgan fingerprint density at radius 3 is 2.42 bits per heavy atom. The van der Waals surface area contributed by atoms with Crippen molar-refractivity contribution < 1.29 is 18.8 Å². The minimum absolute atomic E-state index is 0.0746. The summed E-state index contributed by atoms with van der Waals surface area (Å²) in [6.07, 6.45) is 2.15. The Hall–Kier alpha value is -3.92. The molecule has 1 aromatic heterocycles. The molecular weight excluding hydrogens is 569 g/mol. The third-order valence-corrected chi connectivity index (χ3v) is 8.05. The Morgan fingerprint density at radius 1 is 0.950 bits per heavy atom. The van der Waals surface area contributed by atoms with Gasteiger partial charge in [-0.3, -0.25) is 14.4 Å². The van der Waals surface area contributed by atoms with Crippen LogP contribution in [0.5, 0.6) is 0 Å². The summed E-state index contributed by atoms with van der Waals surface area (Å²) in [6, 6.07) is 23.4. The van der Waals surface area contributed by atoms with Gasteiger partial charge in [0, 0.05) is 26.7 Å². The lowest BCUT2D eigenvalue weighted by Gasteiger charge is -2.16. The molecule has 0 fully saturated rings. The third-order valence-electron chi connectivity index (χ3n) is 5.58. The smallest absolute Gasteiger partial charge is 0.272 e. The van der Waals surface area contributed by atoms with Crippen LogP contribution in [-0.4, -0.2) is 23.0 Å². The van der Waals surface area contributed by atoms with Crippen LogP contribution < -0.4 is 16.0 Å². The molecule has 6 nitrogen and oxygen atoms in total. The zero-order chi connectivity index (χ0) is 28.5. The fraction of sp³-hybridized carbons (Fsp3) is 0.100. The quantitative estimate of drug-likeness (QED) is 0.132. The summed E-state index contributed by atoms with van der Waals surface area (Å²) in [7, 11) is 0. The van der Waals surface area contributed by atoms with E-state index in [1.807, 2.05) is 36.6 Å². The van der Waals surface area contributed by atoms with Gasteiger partial charge in [0.1, 0.15) is 11.5 Å². The summed E-state index contributed by atoms with van der Waals surface area (Å²) in [5.74, 6) is -1.71. The Balaban J connectivity index is 1.46. The highest BCUT2D eigenvalue weighted by Gasteiger charge is 2.20. The minimum Gasteiger partial charge on any atom is -0.325 e. The first kappa shape index (κ1) is 29.1. The van der Waals surface area contributed by atoms with E-state index in [-0.39, 0.29) is 16.6 Å². The number of carbonyl (C=O) groups is 3. The molecule has 1 heterocycles. The van der Waals surface area contributed by atoms with Gasteiger partial charge in [-0.25, -0.2) is 4.39 Å². The van der Waals surface area contributed by atoms with Gasteiger partial charge in [0.25, 0.3) is 11.8 Å². The number of hydrogen-bond acceptors (Lipinski definition) is 5. The largest absolute Gasteiger partial charge is 0.325 e. The standard InChI is InChI=1S/C30H25ClFN3O3S2/c1-2-27(30(38)34-21-13-14-25(32)24(31)17-21)40-23-11-6-10-20(16-23)33-29(37)26(18-22-12-7-15-39-22)35-28(36)19-8-4-3-5-9-19/h3-18,27H,2H2,1H3,(H,33,37)(H,34,38)(H,35,36)/b26-18-. The van der Waals surface area contributed by atoms with E-state index < -0.39 is 22.9 Å². The van der Waals surface area contributed by atoms with Gasteiger partial charge in [-0.15, -0.1) is 23.1 Å². The first-order valence-corrected chi connectivity index (χ1v) is 14.4. The van der Waals surface area contributed by atoms with Crippen LogP contribution in [0.15, 0.2) is 101 Å². The number of benzene rings is 3. The van der Waals surface area contributed by atoms with Crippen molar-refractivity contribution in [1.82, 2.24) is 5.32 Å². The van der Waals surface area contributed by atoms with Crippen molar-refractivity contribution in [3.05, 3.63) is 117 Å². The first-order valence-electron chi connectivity index (χ1n) is 12.3. The van der Waals surface area contributed by atoms with E-state index in [0.717, 1.165) is 9.77 Å². The van der Waals surface area contributed by atoms with Crippen molar-refractivity contribution >= 4 is 69.9 Å². The second-order valence-corrected chi connectivity index (χ2v) is 11.2. The average Bonchev–Trinajstić information content (AvgIpc) is 3.47. The average molecular weight is 594 g/mol. The summed E-state index contributed by atoms with van der Waals surface area (Å²) >= 11 is 8.60. The van der Waals surface area contributed by atoms with Crippen LogP contribution in [0.1, 0.15) is 28.6 Å². The van der Waals surface area contributed by atoms with Gasteiger partial charge >= 0.3 is 0 Å². The molecule has 40 heavy (non-hydrogen) atoms. The summed E-state index contributed by atoms with van der Waals surface area (Å²) in [6.45, 7) is 1.89. The lowest BCUT2D eigenvalue weighted by molar-refractivity contribution is -0.116. The van der Waals surface area contributed by atoms with Crippen LogP contribution in [0.2, 0.25) is 5.02 Å². The number of nitrogens with one attached hydrogen (secondary N) is 3. The highest BCUT2D eigenvalue weighted by Crippen LogP contribution is 2.29. The lowest BCUT2D eigenvalue weighted by atomic mass is 10.2. The van der Waals surface area contributed by atoms with Crippen molar-refractivity contribution in [2.75, 3.05) is 10.6 Å². The topological polar surface area (TPSA) is 87.3 Å². The fourth-order valence-corrected chi connectivity index (χ4v) is 5.44. The second kappa shape index (κ2) is 13.9. The van der Waals surface area contributed by atoms with Gasteiger partial charge in [0.15, 0.2) is 0 Å². The number of anilines is 2. The number of carbonyl (C=O) groups excluding carboxylic acids is 3. The summed E-state index contributed by atoms with van der Waals surface area (Å²) in [4.78, 5) is 40.5. The molecule has 4 rings (SSSR count). The first-order chi connectivity index (χ1) is 19.3. The molecule has 0 aliphatic rings. The Kier molecular flexibility index (Phi) is 10.1. The molecular formula is C30H25ClFN3O3S2. The van der Waals surface area contributed by atoms with Crippen LogP contribution >= 0.6 is 34.7 Å². The highest BCUT2D eigenvalue weighted by atomic mass is 35.5. The maximum atomic E-state index is 13.5. The Morgan fingerprint density at radius 2 is 1.73 bits per heavy atom. The molecule has 0 aliphatic carbocycles. The maximum Gasteiger partial charge on any atom is 0.272 e. The van der Waals surface area contributed by atoms with Crippen molar-refractivity contribution in [2.45, 2.75) is 23.5 Å². The number of amides is 3. The summed E-state index contributed by atoms with van der Waals surface area (Å²) in [5.41, 5.74) is 1.43. The number of halogens is 2. The number of thiophene rings is 1. The van der Waals surface area contributed by atoms with Crippen LogP contribution in [0.3, 0.4) is 0 Å². The monoisotopic (exact) mass is 593 g/mol. The molecule has 0 bridgehead atoms. The van der Waals surface area contributed by atoms with Gasteiger partial charge in [-0.05, 0) is 72.5 Å². The fourth-order valence-electron chi connectivity index (χ4n) is 3.59. The molecule has 0 spiro atoms. The second-order valence-electron chi connectivity index (χ2n) is 8.51. The van der Waals surface area contributed by atoms with Gasteiger partial charge < -0.3 is 16.0 Å². The van der Waals surface area contributed by atoms with Crippen molar-refractivity contribution in [1.29, 1.82) is 0 Å². The molecule has 0 radical (unpaired) electrons. The van der Waals surface area contributed by atoms with Gasteiger partial charge in [-0.2, -0.15) is 0 Å². The van der Waals surface area contributed by atoms with Crippen molar-refractivity contribution in [2.24, 2.45) is 0 Å². The normalized spacial score (nSPS) is 11.9. The molecule has 3 aromatic carbocycles. The van der Waals surface area contributed by atoms with Gasteiger partial charge in [0.2, 0.25) is 5.91 Å². The van der Waals surface area contributed by atoms with Crippen LogP contribution in [-0.2, 0) is 9.59 Å². The number of hydrogen-bond donors (Lipinski definition) is 3. The van der Waals surface area contributed by atoms with Crippen molar-refractivity contribution in [3.8, 4) is 0 Å². The van der Waals surface area contributed by atoms with E-state index in [1.54, 1.807) is 48.5 Å². The van der Waals surface area contributed by atoms with Crippen molar-refractivity contribution in [3.63, 3.8) is 0 Å². The van der Waals surface area contributed by atoms with E-state index in [0.29, 0.717) is 23.4 Å². The minimum atomic E-state index is -0.562. The molecule has 0 saturated heterocycles. The molecule has 3 N–H and O–H groups in total. The number of rotatable bonds is 10. The van der Waals surface area contributed by atoms with Gasteiger partial charge in [0.05, 0.1) is 10.3 Å². The molecule has 10 heteroatoms. The summed E-state index contributed by atoms with van der Waals surface area (Å²) < 4.78 is 13.5. The van der Waals surface area contributed by atoms with E-state index in [4.69, 9.17) is 11.6 Å². The summed E-state index contributed by atoms with van der Waals surface area (Å²) in [5, 5.41) is 9.69. The van der Waals surface area contributed by atoms with Crippen LogP contribution in [0, 0.1) is 5.82 Å². The van der Waals surface area contributed by atoms with Gasteiger partial charge in [-0.1, -0.05) is 48.9 Å². The maximum absolute atomic E-state index is 13.5. The number of thioether (sulfide) groups is 1. The predicted octanol–water partition coefficient (Wildman–Crippen LogP) is 7.46. The van der Waals surface area contributed by atoms with Crippen LogP contribution in [0.25, 0.3) is 6.08 Å². The molecule has 3 amide bonds.